The molecular formula is C20H18FN3O2. The van der Waals surface area contributed by atoms with Crippen LogP contribution in [0.2, 0.25) is 0 Å². The van der Waals surface area contributed by atoms with E-state index in [1.54, 1.807) is 13.2 Å². The molecule has 0 aliphatic rings. The third-order valence-corrected chi connectivity index (χ3v) is 3.92. The van der Waals surface area contributed by atoms with Gasteiger partial charge in [-0.15, -0.1) is 0 Å². The number of halogens is 1. The fourth-order valence-corrected chi connectivity index (χ4v) is 2.61. The molecule has 1 heterocycles. The van der Waals surface area contributed by atoms with Crippen LogP contribution in [0.5, 0.6) is 5.75 Å². The number of aryl methyl sites for hydroxylation is 1. The van der Waals surface area contributed by atoms with Crippen LogP contribution in [-0.2, 0) is 0 Å². The van der Waals surface area contributed by atoms with Gasteiger partial charge in [-0.25, -0.2) is 9.82 Å². The van der Waals surface area contributed by atoms with Crippen LogP contribution in [0.4, 0.5) is 4.39 Å². The second-order valence-electron chi connectivity index (χ2n) is 5.61. The van der Waals surface area contributed by atoms with Crippen molar-refractivity contribution >= 4 is 12.1 Å². The maximum Gasteiger partial charge on any atom is 0.274 e. The molecule has 5 nitrogen and oxygen atoms in total. The lowest BCUT2D eigenvalue weighted by molar-refractivity contribution is 0.0951. The number of nitrogens with one attached hydrogen (secondary N) is 1. The van der Waals surface area contributed by atoms with Gasteiger partial charge in [-0.3, -0.25) is 4.79 Å². The number of carbonyl (C=O) groups excluding carboxylic acids is 1. The summed E-state index contributed by atoms with van der Waals surface area (Å²) in [4.78, 5) is 12.0. The number of hydrazone groups is 1. The van der Waals surface area contributed by atoms with Gasteiger partial charge in [0, 0.05) is 11.4 Å². The minimum atomic E-state index is -0.598. The molecule has 0 saturated heterocycles. The zero-order valence-electron chi connectivity index (χ0n) is 14.4. The summed E-state index contributed by atoms with van der Waals surface area (Å²) < 4.78 is 20.8. The predicted octanol–water partition coefficient (Wildman–Crippen LogP) is 3.70. The van der Waals surface area contributed by atoms with Crippen molar-refractivity contribution in [2.24, 2.45) is 5.10 Å². The fraction of sp³-hybridized carbons (Fsp3) is 0.100. The molecule has 132 valence electrons. The Kier molecular flexibility index (Phi) is 5.12. The number of nitrogens with zero attached hydrogens (tertiary/aromatic N) is 2. The Morgan fingerprint density at radius 3 is 2.54 bits per heavy atom. The maximum atomic E-state index is 13.6. The van der Waals surface area contributed by atoms with Gasteiger partial charge in [-0.05, 0) is 55.5 Å². The highest BCUT2D eigenvalue weighted by atomic mass is 19.1. The summed E-state index contributed by atoms with van der Waals surface area (Å²) in [7, 11) is 1.62. The predicted molar refractivity (Wildman–Crippen MR) is 98.5 cm³/mol. The first-order chi connectivity index (χ1) is 12.6. The van der Waals surface area contributed by atoms with E-state index in [-0.39, 0.29) is 5.56 Å². The highest BCUT2D eigenvalue weighted by Gasteiger charge is 2.10. The van der Waals surface area contributed by atoms with Crippen LogP contribution in [0.1, 0.15) is 21.7 Å². The lowest BCUT2D eigenvalue weighted by Gasteiger charge is -2.10. The third kappa shape index (κ3) is 3.64. The number of hydrogen-bond acceptors (Lipinski definition) is 3. The van der Waals surface area contributed by atoms with Crippen LogP contribution in [0.15, 0.2) is 65.8 Å². The normalized spacial score (nSPS) is 10.9. The van der Waals surface area contributed by atoms with E-state index >= 15 is 0 Å². The van der Waals surface area contributed by atoms with Crippen molar-refractivity contribution in [2.45, 2.75) is 6.92 Å². The van der Waals surface area contributed by atoms with Crippen LogP contribution in [0.25, 0.3) is 5.69 Å². The molecular weight excluding hydrogens is 333 g/mol. The van der Waals surface area contributed by atoms with Gasteiger partial charge < -0.3 is 9.30 Å². The number of amides is 1. The van der Waals surface area contributed by atoms with E-state index in [4.69, 9.17) is 4.74 Å². The number of ether oxygens (including phenoxy) is 1. The molecule has 1 N–H and O–H groups in total. The van der Waals surface area contributed by atoms with Gasteiger partial charge in [0.2, 0.25) is 0 Å². The molecule has 0 atom stereocenters. The summed E-state index contributed by atoms with van der Waals surface area (Å²) in [5.41, 5.74) is 5.03. The van der Waals surface area contributed by atoms with Crippen LogP contribution in [0.3, 0.4) is 0 Å². The van der Waals surface area contributed by atoms with Crippen molar-refractivity contribution in [1.29, 1.82) is 0 Å². The van der Waals surface area contributed by atoms with Crippen molar-refractivity contribution in [1.82, 2.24) is 9.99 Å². The standard InChI is InChI=1S/C20H18FN3O2/c1-14-7-8-16(24(14)15-9-11-17(26-2)12-10-15)13-22-23-20(25)18-5-3-4-6-19(18)21/h3-13H,1-2H3,(H,23,25)/b22-13+. The van der Waals surface area contributed by atoms with Gasteiger partial charge in [-0.2, -0.15) is 5.10 Å². The molecule has 0 fully saturated rings. The summed E-state index contributed by atoms with van der Waals surface area (Å²) in [6.07, 6.45) is 1.52. The van der Waals surface area contributed by atoms with Crippen molar-refractivity contribution in [3.8, 4) is 11.4 Å². The largest absolute Gasteiger partial charge is 0.497 e. The van der Waals surface area contributed by atoms with Gasteiger partial charge in [-0.1, -0.05) is 12.1 Å². The van der Waals surface area contributed by atoms with Crippen molar-refractivity contribution < 1.29 is 13.9 Å². The number of hydrogen-bond donors (Lipinski definition) is 1. The van der Waals surface area contributed by atoms with Crippen molar-refractivity contribution in [2.75, 3.05) is 7.11 Å². The first-order valence-electron chi connectivity index (χ1n) is 8.01. The number of benzene rings is 2. The molecule has 0 bridgehead atoms. The average molecular weight is 351 g/mol. The highest BCUT2D eigenvalue weighted by molar-refractivity contribution is 5.95. The number of methoxy groups -OCH3 is 1. The number of carbonyl (C=O) groups is 1. The molecule has 0 spiro atoms. The minimum absolute atomic E-state index is 0.0497. The highest BCUT2D eigenvalue weighted by Crippen LogP contribution is 2.19. The summed E-state index contributed by atoms with van der Waals surface area (Å²) in [5, 5.41) is 3.96. The van der Waals surface area contributed by atoms with E-state index in [9.17, 15) is 9.18 Å². The summed E-state index contributed by atoms with van der Waals surface area (Å²) in [6.45, 7) is 1.97. The van der Waals surface area contributed by atoms with Crippen LogP contribution in [0, 0.1) is 12.7 Å². The van der Waals surface area contributed by atoms with E-state index in [2.05, 4.69) is 10.5 Å². The SMILES string of the molecule is COc1ccc(-n2c(C)ccc2/C=N/NC(=O)c2ccccc2F)cc1. The van der Waals surface area contributed by atoms with E-state index in [1.807, 2.05) is 47.9 Å². The number of aromatic nitrogens is 1. The molecule has 3 aromatic rings. The van der Waals surface area contributed by atoms with Crippen LogP contribution < -0.4 is 10.2 Å². The Hall–Kier alpha value is -3.41. The molecule has 6 heteroatoms. The van der Waals surface area contributed by atoms with Gasteiger partial charge >= 0.3 is 0 Å². The molecule has 0 aliphatic carbocycles. The lowest BCUT2D eigenvalue weighted by atomic mass is 10.2. The van der Waals surface area contributed by atoms with Gasteiger partial charge in [0.1, 0.15) is 11.6 Å². The molecule has 1 aromatic heterocycles. The molecule has 1 amide bonds. The zero-order chi connectivity index (χ0) is 18.5. The second-order valence-corrected chi connectivity index (χ2v) is 5.61. The summed E-state index contributed by atoms with van der Waals surface area (Å²) >= 11 is 0. The second kappa shape index (κ2) is 7.65. The van der Waals surface area contributed by atoms with Gasteiger partial charge in [0.15, 0.2) is 0 Å². The van der Waals surface area contributed by atoms with E-state index in [0.717, 1.165) is 22.8 Å². The zero-order valence-corrected chi connectivity index (χ0v) is 14.4. The Morgan fingerprint density at radius 1 is 1.12 bits per heavy atom. The Morgan fingerprint density at radius 2 is 1.85 bits per heavy atom. The smallest absolute Gasteiger partial charge is 0.274 e. The minimum Gasteiger partial charge on any atom is -0.497 e. The average Bonchev–Trinajstić information content (AvgIpc) is 3.02. The summed E-state index contributed by atoms with van der Waals surface area (Å²) in [5.74, 6) is -0.415. The first-order valence-corrected chi connectivity index (χ1v) is 8.01. The quantitative estimate of drug-likeness (QED) is 0.563. The lowest BCUT2D eigenvalue weighted by Crippen LogP contribution is -2.19. The number of rotatable bonds is 5. The molecule has 3 rings (SSSR count). The fourth-order valence-electron chi connectivity index (χ4n) is 2.61. The van der Waals surface area contributed by atoms with E-state index in [1.165, 1.54) is 24.4 Å². The van der Waals surface area contributed by atoms with Crippen molar-refractivity contribution in [3.05, 3.63) is 83.4 Å². The molecule has 0 aliphatic heterocycles. The Labute approximate surface area is 150 Å². The molecule has 2 aromatic carbocycles. The summed E-state index contributed by atoms with van der Waals surface area (Å²) in [6, 6.07) is 17.2. The molecule has 0 saturated carbocycles. The third-order valence-electron chi connectivity index (χ3n) is 3.92. The van der Waals surface area contributed by atoms with Crippen molar-refractivity contribution in [3.63, 3.8) is 0 Å². The van der Waals surface area contributed by atoms with Crippen LogP contribution in [-0.4, -0.2) is 23.8 Å². The van der Waals surface area contributed by atoms with Crippen LogP contribution >= 0.6 is 0 Å². The Balaban J connectivity index is 1.79. The molecule has 0 unspecified atom stereocenters. The van der Waals surface area contributed by atoms with Gasteiger partial charge in [0.25, 0.3) is 5.91 Å². The molecule has 26 heavy (non-hydrogen) atoms. The van der Waals surface area contributed by atoms with Gasteiger partial charge in [0.05, 0.1) is 24.6 Å². The first kappa shape index (κ1) is 17.4. The van der Waals surface area contributed by atoms with E-state index in [0.29, 0.717) is 0 Å². The Bertz CT molecular complexity index is 946. The topological polar surface area (TPSA) is 55.6 Å². The molecule has 0 radical (unpaired) electrons. The maximum absolute atomic E-state index is 13.6. The van der Waals surface area contributed by atoms with E-state index < -0.39 is 11.7 Å². The monoisotopic (exact) mass is 351 g/mol.